The van der Waals surface area contributed by atoms with Gasteiger partial charge < -0.3 is 9.47 Å². The Balaban J connectivity index is 1.71. The fraction of sp³-hybridized carbons (Fsp3) is 0.143. The molecule has 0 unspecified atom stereocenters. The highest BCUT2D eigenvalue weighted by molar-refractivity contribution is 8.10. The van der Waals surface area contributed by atoms with Gasteiger partial charge in [0.2, 0.25) is 0 Å². The van der Waals surface area contributed by atoms with Crippen LogP contribution in [-0.2, 0) is 26.7 Å². The van der Waals surface area contributed by atoms with Crippen LogP contribution >= 0.6 is 0 Å². The fourth-order valence-electron chi connectivity index (χ4n) is 3.61. The summed E-state index contributed by atoms with van der Waals surface area (Å²) in [7, 11) is -7.36. The third kappa shape index (κ3) is 5.79. The van der Waals surface area contributed by atoms with E-state index in [4.69, 9.17) is 9.47 Å². The molecule has 0 N–H and O–H groups in total. The number of nitrogens with zero attached hydrogens (tertiary/aromatic N) is 1. The van der Waals surface area contributed by atoms with Crippen molar-refractivity contribution in [2.45, 2.75) is 30.2 Å². The van der Waals surface area contributed by atoms with Gasteiger partial charge in [0.25, 0.3) is 20.0 Å². The van der Waals surface area contributed by atoms with Crippen molar-refractivity contribution >= 4 is 25.7 Å². The molecule has 0 saturated carbocycles. The van der Waals surface area contributed by atoms with E-state index in [1.165, 1.54) is 48.5 Å². The minimum absolute atomic E-state index is 0.0325. The number of aryl methyl sites for hydroxylation is 2. The van der Waals surface area contributed by atoms with Gasteiger partial charge >= 0.3 is 0 Å². The van der Waals surface area contributed by atoms with Gasteiger partial charge in [-0.3, -0.25) is 0 Å². The Bertz CT molecular complexity index is 1500. The minimum atomic E-state index is -4.47. The largest absolute Gasteiger partial charge is 0.497 e. The topological polar surface area (TPSA) is 90.0 Å². The minimum Gasteiger partial charge on any atom is -0.497 e. The Hall–Kier alpha value is -3.82. The number of sulfonamides is 2. The summed E-state index contributed by atoms with van der Waals surface area (Å²) in [6.45, 7) is 3.90. The summed E-state index contributed by atoms with van der Waals surface area (Å²) in [4.78, 5) is -0.265. The lowest BCUT2D eigenvalue weighted by molar-refractivity contribution is 0.305. The smallest absolute Gasteiger partial charge is 0.277 e. The van der Waals surface area contributed by atoms with Crippen LogP contribution in [0.5, 0.6) is 11.5 Å². The van der Waals surface area contributed by atoms with Crippen LogP contribution in [-0.4, -0.2) is 23.9 Å². The van der Waals surface area contributed by atoms with Crippen molar-refractivity contribution in [2.24, 2.45) is 0 Å². The first-order chi connectivity index (χ1) is 17.6. The van der Waals surface area contributed by atoms with Crippen molar-refractivity contribution in [1.29, 1.82) is 0 Å². The Morgan fingerprint density at radius 3 is 1.65 bits per heavy atom. The highest BCUT2D eigenvalue weighted by Crippen LogP contribution is 2.32. The van der Waals surface area contributed by atoms with E-state index in [1.807, 2.05) is 38.1 Å². The maximum atomic E-state index is 13.7. The van der Waals surface area contributed by atoms with E-state index in [2.05, 4.69) is 0 Å². The molecule has 192 valence electrons. The van der Waals surface area contributed by atoms with E-state index in [0.29, 0.717) is 15.2 Å². The van der Waals surface area contributed by atoms with Gasteiger partial charge in [0.1, 0.15) is 18.1 Å². The van der Waals surface area contributed by atoms with Crippen molar-refractivity contribution in [3.8, 4) is 11.5 Å². The van der Waals surface area contributed by atoms with Gasteiger partial charge in [-0.2, -0.15) is 3.71 Å². The molecule has 0 aliphatic heterocycles. The molecule has 4 rings (SSSR count). The molecule has 0 saturated heterocycles. The monoisotopic (exact) mass is 537 g/mol. The predicted molar refractivity (Wildman–Crippen MR) is 143 cm³/mol. The van der Waals surface area contributed by atoms with Crippen LogP contribution in [0.3, 0.4) is 0 Å². The molecule has 0 atom stereocenters. The molecule has 0 spiro atoms. The number of rotatable bonds is 9. The third-order valence-corrected chi connectivity index (χ3v) is 9.87. The number of hydrogen-bond acceptors (Lipinski definition) is 6. The van der Waals surface area contributed by atoms with Gasteiger partial charge in [-0.1, -0.05) is 47.5 Å². The molecule has 0 amide bonds. The van der Waals surface area contributed by atoms with Crippen molar-refractivity contribution < 1.29 is 26.3 Å². The normalized spacial score (nSPS) is 11.6. The first-order valence-corrected chi connectivity index (χ1v) is 14.3. The Kier molecular flexibility index (Phi) is 7.56. The van der Waals surface area contributed by atoms with Gasteiger partial charge in [-0.05, 0) is 80.1 Å². The molecule has 0 fully saturated rings. The Morgan fingerprint density at radius 2 is 1.16 bits per heavy atom. The molecule has 0 heterocycles. The van der Waals surface area contributed by atoms with Gasteiger partial charge in [0, 0.05) is 0 Å². The molecule has 7 nitrogen and oxygen atoms in total. The average molecular weight is 538 g/mol. The molecular weight excluding hydrogens is 510 g/mol. The van der Waals surface area contributed by atoms with Crippen molar-refractivity contribution in [3.63, 3.8) is 0 Å². The number of anilines is 1. The molecule has 0 bridgehead atoms. The fourth-order valence-corrected chi connectivity index (χ4v) is 7.30. The van der Waals surface area contributed by atoms with Crippen molar-refractivity contribution in [1.82, 2.24) is 0 Å². The van der Waals surface area contributed by atoms with E-state index >= 15 is 0 Å². The SMILES string of the molecule is COc1cccc(COc2ccc(N(S(=O)(=O)c3ccc(C)cc3)S(=O)(=O)c3ccc(C)cc3)cc2)c1. The standard InChI is InChI=1S/C28H27NO6S2/c1-21-7-15-27(16-8-21)36(30,31)29(37(32,33)28-17-9-22(2)10-18-28)24-11-13-25(14-12-24)35-20-23-5-4-6-26(19-23)34-3/h4-19H,20H2,1-3H3. The van der Waals surface area contributed by atoms with Crippen molar-refractivity contribution in [2.75, 3.05) is 10.8 Å². The van der Waals surface area contributed by atoms with E-state index < -0.39 is 20.0 Å². The molecular formula is C28H27NO6S2. The second-order valence-electron chi connectivity index (χ2n) is 8.47. The Morgan fingerprint density at radius 1 is 0.649 bits per heavy atom. The van der Waals surface area contributed by atoms with E-state index in [9.17, 15) is 16.8 Å². The summed E-state index contributed by atoms with van der Waals surface area (Å²) in [5.41, 5.74) is 2.55. The zero-order valence-electron chi connectivity index (χ0n) is 20.7. The highest BCUT2D eigenvalue weighted by Gasteiger charge is 2.37. The lowest BCUT2D eigenvalue weighted by Gasteiger charge is -2.24. The molecule has 0 aliphatic rings. The quantitative estimate of drug-likeness (QED) is 0.281. The first-order valence-electron chi connectivity index (χ1n) is 11.4. The van der Waals surface area contributed by atoms with Gasteiger partial charge in [0.05, 0.1) is 22.6 Å². The molecule has 0 radical (unpaired) electrons. The van der Waals surface area contributed by atoms with E-state index in [0.717, 1.165) is 16.7 Å². The van der Waals surface area contributed by atoms with Gasteiger partial charge in [-0.25, -0.2) is 16.8 Å². The summed E-state index contributed by atoms with van der Waals surface area (Å²) >= 11 is 0. The number of ether oxygens (including phenoxy) is 2. The van der Waals surface area contributed by atoms with Crippen LogP contribution in [0, 0.1) is 13.8 Å². The van der Waals surface area contributed by atoms with Crippen LogP contribution in [0.25, 0.3) is 0 Å². The second-order valence-corrected chi connectivity index (χ2v) is 12.3. The van der Waals surface area contributed by atoms with Crippen LogP contribution < -0.4 is 13.2 Å². The zero-order valence-corrected chi connectivity index (χ0v) is 22.3. The molecule has 4 aromatic carbocycles. The van der Waals surface area contributed by atoms with Crippen LogP contribution in [0.4, 0.5) is 5.69 Å². The molecule has 37 heavy (non-hydrogen) atoms. The summed E-state index contributed by atoms with van der Waals surface area (Å²) < 4.78 is 66.3. The molecule has 0 aliphatic carbocycles. The number of methoxy groups -OCH3 is 1. The number of hydrogen-bond donors (Lipinski definition) is 0. The van der Waals surface area contributed by atoms with Gasteiger partial charge in [0.15, 0.2) is 0 Å². The predicted octanol–water partition coefficient (Wildman–Crippen LogP) is 5.48. The summed E-state index contributed by atoms with van der Waals surface area (Å²) in [5.74, 6) is 1.15. The lowest BCUT2D eigenvalue weighted by atomic mass is 10.2. The lowest BCUT2D eigenvalue weighted by Crippen LogP contribution is -2.37. The summed E-state index contributed by atoms with van der Waals surface area (Å²) in [6.07, 6.45) is 0. The summed E-state index contributed by atoms with van der Waals surface area (Å²) in [6, 6.07) is 25.4. The summed E-state index contributed by atoms with van der Waals surface area (Å²) in [5, 5.41) is 0. The second kappa shape index (κ2) is 10.7. The maximum Gasteiger partial charge on any atom is 0.277 e. The number of benzene rings is 4. The van der Waals surface area contributed by atoms with Crippen molar-refractivity contribution in [3.05, 3.63) is 114 Å². The van der Waals surface area contributed by atoms with Crippen LogP contribution in [0.15, 0.2) is 107 Å². The van der Waals surface area contributed by atoms with Crippen LogP contribution in [0.2, 0.25) is 0 Å². The zero-order chi connectivity index (χ0) is 26.6. The van der Waals surface area contributed by atoms with E-state index in [1.54, 1.807) is 31.4 Å². The average Bonchev–Trinajstić information content (AvgIpc) is 2.88. The highest BCUT2D eigenvalue weighted by atomic mass is 32.3. The Labute approximate surface area is 218 Å². The molecule has 4 aromatic rings. The molecule has 9 heteroatoms. The molecule has 0 aromatic heterocycles. The van der Waals surface area contributed by atoms with E-state index in [-0.39, 0.29) is 22.1 Å². The first kappa shape index (κ1) is 26.2. The maximum absolute atomic E-state index is 13.7. The van der Waals surface area contributed by atoms with Crippen LogP contribution in [0.1, 0.15) is 16.7 Å². The third-order valence-electron chi connectivity index (χ3n) is 5.66. The van der Waals surface area contributed by atoms with Gasteiger partial charge in [-0.15, -0.1) is 0 Å².